The van der Waals surface area contributed by atoms with Gasteiger partial charge in [-0.3, -0.25) is 0 Å². The van der Waals surface area contributed by atoms with E-state index in [0.717, 1.165) is 29.3 Å². The predicted octanol–water partition coefficient (Wildman–Crippen LogP) is 2.59. The van der Waals surface area contributed by atoms with Crippen LogP contribution in [0, 0.1) is 5.41 Å². The lowest BCUT2D eigenvalue weighted by molar-refractivity contribution is -0.0164. The highest BCUT2D eigenvalue weighted by molar-refractivity contribution is 7.99. The van der Waals surface area contributed by atoms with Gasteiger partial charge >= 0.3 is 0 Å². The molecule has 2 radical (unpaired) electrons. The summed E-state index contributed by atoms with van der Waals surface area (Å²) in [7, 11) is 6.29. The first-order valence-corrected chi connectivity index (χ1v) is 10.8. The van der Waals surface area contributed by atoms with Crippen molar-refractivity contribution in [2.24, 2.45) is 17.0 Å². The summed E-state index contributed by atoms with van der Waals surface area (Å²) in [5.74, 6) is 7.85. The molecule has 0 aliphatic heterocycles. The van der Waals surface area contributed by atoms with E-state index in [2.05, 4.69) is 6.92 Å². The molecule has 0 fully saturated rings. The molecule has 0 saturated heterocycles. The van der Waals surface area contributed by atoms with Gasteiger partial charge in [-0.05, 0) is 24.2 Å². The summed E-state index contributed by atoms with van der Waals surface area (Å²) >= 11 is 3.36. The highest BCUT2D eigenvalue weighted by Gasteiger charge is 2.41. The number of aliphatic hydroxyl groups is 1. The molecule has 0 aromatic heterocycles. The first-order chi connectivity index (χ1) is 10.6. The molecule has 0 aliphatic rings. The van der Waals surface area contributed by atoms with Crippen molar-refractivity contribution in [1.29, 1.82) is 0 Å². The van der Waals surface area contributed by atoms with Gasteiger partial charge in [0, 0.05) is 29.2 Å². The Morgan fingerprint density at radius 2 is 1.70 bits per heavy atom. The molecule has 134 valence electrons. The van der Waals surface area contributed by atoms with Gasteiger partial charge in [0.2, 0.25) is 0 Å². The molecule has 3 unspecified atom stereocenters. The number of thioether (sulfide) groups is 2. The molecule has 0 rings (SSSR count). The summed E-state index contributed by atoms with van der Waals surface area (Å²) < 4.78 is 0. The smallest absolute Gasteiger partial charge is 0.0777 e. The summed E-state index contributed by atoms with van der Waals surface area (Å²) in [6.45, 7) is 8.51. The Hall–Kier alpha value is 0.0249. The number of hydrogen-bond donors (Lipinski definition) is 3. The van der Waals surface area contributed by atoms with Crippen molar-refractivity contribution in [2.45, 2.75) is 52.0 Å². The maximum absolute atomic E-state index is 10.8. The number of aliphatic hydroxyl groups excluding tert-OH is 1. The molecule has 23 heavy (non-hydrogen) atoms. The third-order valence-electron chi connectivity index (χ3n) is 4.68. The highest BCUT2D eigenvalue weighted by Crippen LogP contribution is 2.42. The van der Waals surface area contributed by atoms with E-state index in [1.807, 2.05) is 33.3 Å². The molecule has 3 atom stereocenters. The minimum Gasteiger partial charge on any atom is -0.400 e. The summed E-state index contributed by atoms with van der Waals surface area (Å²) in [5, 5.41) is 11.9. The monoisotopic (exact) mass is 359 g/mol. The van der Waals surface area contributed by atoms with Gasteiger partial charge in [0.15, 0.2) is 0 Å². The molecule has 7 heteroatoms. The number of rotatable bonds is 11. The molecular weight excluding hydrogens is 325 g/mol. The van der Waals surface area contributed by atoms with Crippen LogP contribution in [0.1, 0.15) is 40.5 Å². The third-order valence-corrected chi connectivity index (χ3v) is 5.85. The van der Waals surface area contributed by atoms with Gasteiger partial charge in [-0.15, -0.1) is 0 Å². The van der Waals surface area contributed by atoms with Crippen LogP contribution in [0.25, 0.3) is 0 Å². The topological polar surface area (TPSA) is 75.5 Å². The predicted molar refractivity (Wildman–Crippen MR) is 108 cm³/mol. The second-order valence-corrected chi connectivity index (χ2v) is 8.47. The van der Waals surface area contributed by atoms with E-state index in [9.17, 15) is 5.11 Å². The van der Waals surface area contributed by atoms with Crippen molar-refractivity contribution in [3.8, 4) is 0 Å². The van der Waals surface area contributed by atoms with Crippen LogP contribution >= 0.6 is 23.5 Å². The lowest BCUT2D eigenvalue weighted by Crippen LogP contribution is -2.50. The molecule has 5 N–H and O–H groups in total. The summed E-state index contributed by atoms with van der Waals surface area (Å²) in [4.78, 5) is 0. The van der Waals surface area contributed by atoms with Gasteiger partial charge in [-0.2, -0.15) is 23.5 Å². The van der Waals surface area contributed by atoms with Crippen molar-refractivity contribution in [3.05, 3.63) is 11.4 Å². The van der Waals surface area contributed by atoms with Gasteiger partial charge in [-0.1, -0.05) is 34.1 Å². The molecule has 0 amide bonds. The van der Waals surface area contributed by atoms with Crippen LogP contribution in [0.15, 0.2) is 11.4 Å². The normalized spacial score (nSPS) is 19.5. The third kappa shape index (κ3) is 6.44. The fraction of sp³-hybridized carbons (Fsp3) is 0.875. The van der Waals surface area contributed by atoms with E-state index in [4.69, 9.17) is 19.4 Å². The number of hydrazine groups is 1. The molecule has 0 heterocycles. The van der Waals surface area contributed by atoms with Crippen LogP contribution in [0.2, 0.25) is 5.31 Å². The first kappa shape index (κ1) is 23.0. The Morgan fingerprint density at radius 3 is 2.09 bits per heavy atom. The van der Waals surface area contributed by atoms with E-state index in [0.29, 0.717) is 13.0 Å². The van der Waals surface area contributed by atoms with Crippen LogP contribution in [-0.4, -0.2) is 54.6 Å². The largest absolute Gasteiger partial charge is 0.400 e. The lowest BCUT2D eigenvalue weighted by Gasteiger charge is -2.45. The molecule has 0 saturated carbocycles. The van der Waals surface area contributed by atoms with Gasteiger partial charge in [0.25, 0.3) is 0 Å². The zero-order valence-corrected chi connectivity index (χ0v) is 17.2. The standard InChI is InChI=1S/C16H34BN3OS2/c1-7-15(3,14(21)16(4,17)8-2)11-20(19)13(10-23-6)12(18)9-22-5/h14,21H,7-11,18-19H2,1-6H3/b13-12-. The Kier molecular flexibility index (Phi) is 10.1. The minimum atomic E-state index is -0.645. The fourth-order valence-corrected chi connectivity index (χ4v) is 3.70. The Labute approximate surface area is 152 Å². The Bertz CT molecular complexity index is 394. The molecule has 4 nitrogen and oxygen atoms in total. The molecule has 0 aliphatic carbocycles. The second-order valence-electron chi connectivity index (χ2n) is 6.74. The SMILES string of the molecule is [B]C(C)(CC)C(O)C(C)(CC)CN(N)/C(CSC)=C(\N)CSC. The lowest BCUT2D eigenvalue weighted by atomic mass is 9.57. The Morgan fingerprint density at radius 1 is 1.17 bits per heavy atom. The summed E-state index contributed by atoms with van der Waals surface area (Å²) in [5.41, 5.74) is 7.53. The Balaban J connectivity index is 5.40. The van der Waals surface area contributed by atoms with E-state index in [-0.39, 0.29) is 0 Å². The van der Waals surface area contributed by atoms with Crippen LogP contribution in [0.5, 0.6) is 0 Å². The van der Waals surface area contributed by atoms with E-state index in [1.54, 1.807) is 28.5 Å². The molecule has 0 aromatic carbocycles. The van der Waals surface area contributed by atoms with Crippen LogP contribution < -0.4 is 11.6 Å². The van der Waals surface area contributed by atoms with Gasteiger partial charge in [-0.25, -0.2) is 5.84 Å². The average Bonchev–Trinajstić information content (AvgIpc) is 2.51. The zero-order valence-electron chi connectivity index (χ0n) is 15.6. The van der Waals surface area contributed by atoms with Crippen molar-refractivity contribution in [1.82, 2.24) is 5.01 Å². The highest BCUT2D eigenvalue weighted by atomic mass is 32.2. The number of hydrogen-bond acceptors (Lipinski definition) is 6. The van der Waals surface area contributed by atoms with E-state index in [1.165, 1.54) is 0 Å². The molecule has 0 aromatic rings. The van der Waals surface area contributed by atoms with Crippen molar-refractivity contribution in [3.63, 3.8) is 0 Å². The maximum atomic E-state index is 10.8. The van der Waals surface area contributed by atoms with Crippen LogP contribution in [0.4, 0.5) is 0 Å². The number of nitrogens with two attached hydrogens (primary N) is 2. The van der Waals surface area contributed by atoms with Crippen LogP contribution in [-0.2, 0) is 0 Å². The minimum absolute atomic E-state index is 0.405. The summed E-state index contributed by atoms with van der Waals surface area (Å²) in [6, 6.07) is 0. The molecule has 0 spiro atoms. The van der Waals surface area contributed by atoms with Gasteiger partial charge in [0.1, 0.15) is 0 Å². The van der Waals surface area contributed by atoms with Gasteiger partial charge < -0.3 is 15.8 Å². The summed E-state index contributed by atoms with van der Waals surface area (Å²) in [6.07, 6.45) is 4.89. The van der Waals surface area contributed by atoms with Gasteiger partial charge in [0.05, 0.1) is 19.6 Å². The van der Waals surface area contributed by atoms with Crippen LogP contribution in [0.3, 0.4) is 0 Å². The first-order valence-electron chi connectivity index (χ1n) is 8.04. The quantitative estimate of drug-likeness (QED) is 0.299. The average molecular weight is 359 g/mol. The zero-order chi connectivity index (χ0) is 18.3. The maximum Gasteiger partial charge on any atom is 0.0777 e. The van der Waals surface area contributed by atoms with E-state index >= 15 is 0 Å². The van der Waals surface area contributed by atoms with E-state index < -0.39 is 16.8 Å². The molecular formula is C16H34BN3OS2. The van der Waals surface area contributed by atoms with Crippen molar-refractivity contribution in [2.75, 3.05) is 30.6 Å². The van der Waals surface area contributed by atoms with Crippen molar-refractivity contribution < 1.29 is 5.11 Å². The number of nitrogens with zero attached hydrogens (tertiary/aromatic N) is 1. The second kappa shape index (κ2) is 10.1. The van der Waals surface area contributed by atoms with Crippen molar-refractivity contribution >= 4 is 31.4 Å². The fourth-order valence-electron chi connectivity index (χ4n) is 2.60. The molecule has 0 bridgehead atoms.